The number of nitrogens with two attached hydrogens (primary N) is 2. The van der Waals surface area contributed by atoms with Crippen molar-refractivity contribution >= 4 is 27.3 Å². The van der Waals surface area contributed by atoms with Crippen molar-refractivity contribution in [1.29, 1.82) is 0 Å². The fourth-order valence-corrected chi connectivity index (χ4v) is 4.80. The van der Waals surface area contributed by atoms with E-state index < -0.39 is 0 Å². The fraction of sp³-hybridized carbons (Fsp3) is 0.500. The Hall–Kier alpha value is -2.22. The zero-order chi connectivity index (χ0) is 23.1. The van der Waals surface area contributed by atoms with Gasteiger partial charge in [0.25, 0.3) is 0 Å². The SMILES string of the molecule is C=CC(C(C)C)N(N)/C=C(\N)C(=O)C(C)C.CN1CCCC1c1nc2ccccc2s1. The van der Waals surface area contributed by atoms with Crippen LogP contribution in [-0.2, 0) is 4.79 Å². The molecule has 1 aromatic heterocycles. The second kappa shape index (κ2) is 11.4. The van der Waals surface area contributed by atoms with Crippen molar-refractivity contribution in [3.63, 3.8) is 0 Å². The molecule has 1 aliphatic rings. The van der Waals surface area contributed by atoms with E-state index in [1.54, 1.807) is 19.9 Å². The molecule has 1 aliphatic heterocycles. The highest BCUT2D eigenvalue weighted by molar-refractivity contribution is 7.18. The Morgan fingerprint density at radius 1 is 1.32 bits per heavy atom. The largest absolute Gasteiger partial charge is 0.395 e. The molecule has 0 saturated carbocycles. The third kappa shape index (κ3) is 6.63. The summed E-state index contributed by atoms with van der Waals surface area (Å²) in [7, 11) is 2.20. The number of para-hydroxylation sites is 1. The standard InChI is InChI=1S/C12H23N3O.C12H14N2S/c1-6-11(8(2)3)15(14)7-10(13)12(16)9(4)5;1-14-8-4-6-10(14)12-13-9-5-2-3-7-11(9)15-12/h6-9,11H,1,13-14H2,2-5H3;2-3,5,7,10H,4,6,8H2,1H3/b10-7-;. The zero-order valence-corrected chi connectivity index (χ0v) is 20.2. The second-order valence-corrected chi connectivity index (χ2v) is 9.74. The van der Waals surface area contributed by atoms with Gasteiger partial charge in [-0.25, -0.2) is 10.8 Å². The number of fused-ring (bicyclic) bond motifs is 1. The molecule has 2 heterocycles. The van der Waals surface area contributed by atoms with Crippen LogP contribution in [0.4, 0.5) is 0 Å². The van der Waals surface area contributed by atoms with Crippen LogP contribution in [0, 0.1) is 11.8 Å². The first-order chi connectivity index (χ1) is 14.6. The first-order valence-corrected chi connectivity index (χ1v) is 11.7. The van der Waals surface area contributed by atoms with Gasteiger partial charge in [0.1, 0.15) is 5.01 Å². The van der Waals surface area contributed by atoms with Crippen LogP contribution >= 0.6 is 11.3 Å². The summed E-state index contributed by atoms with van der Waals surface area (Å²) < 4.78 is 1.31. The molecule has 1 aromatic carbocycles. The predicted octanol–water partition coefficient (Wildman–Crippen LogP) is 4.46. The van der Waals surface area contributed by atoms with Gasteiger partial charge in [0.2, 0.25) is 0 Å². The fourth-order valence-electron chi connectivity index (χ4n) is 3.64. The molecule has 0 bridgehead atoms. The minimum absolute atomic E-state index is 0.0292. The van der Waals surface area contributed by atoms with Gasteiger partial charge in [-0.1, -0.05) is 45.9 Å². The Bertz CT molecular complexity index is 871. The molecule has 3 rings (SSSR count). The number of thiazole rings is 1. The van der Waals surface area contributed by atoms with Crippen LogP contribution < -0.4 is 11.6 Å². The molecule has 2 atom stereocenters. The lowest BCUT2D eigenvalue weighted by Crippen LogP contribution is -2.40. The van der Waals surface area contributed by atoms with Gasteiger partial charge in [-0.15, -0.1) is 17.9 Å². The van der Waals surface area contributed by atoms with Gasteiger partial charge in [0.15, 0.2) is 5.78 Å². The van der Waals surface area contributed by atoms with E-state index in [1.807, 2.05) is 25.2 Å². The van der Waals surface area contributed by atoms with Crippen LogP contribution in [0.2, 0.25) is 0 Å². The van der Waals surface area contributed by atoms with Crippen LogP contribution in [0.25, 0.3) is 10.2 Å². The maximum atomic E-state index is 11.6. The van der Waals surface area contributed by atoms with E-state index in [1.165, 1.54) is 40.3 Å². The highest BCUT2D eigenvalue weighted by Crippen LogP contribution is 2.35. The molecular formula is C24H37N5OS. The number of carbonyl (C=O) groups is 1. The van der Waals surface area contributed by atoms with E-state index in [-0.39, 0.29) is 23.4 Å². The summed E-state index contributed by atoms with van der Waals surface area (Å²) in [6, 6.07) is 8.93. The summed E-state index contributed by atoms with van der Waals surface area (Å²) in [5.74, 6) is 5.91. The third-order valence-electron chi connectivity index (χ3n) is 5.48. The number of rotatable bonds is 7. The molecule has 1 saturated heterocycles. The number of hydrogen-bond donors (Lipinski definition) is 2. The smallest absolute Gasteiger partial charge is 0.182 e. The van der Waals surface area contributed by atoms with Gasteiger partial charge >= 0.3 is 0 Å². The van der Waals surface area contributed by atoms with Crippen molar-refractivity contribution in [1.82, 2.24) is 14.9 Å². The minimum Gasteiger partial charge on any atom is -0.395 e. The summed E-state index contributed by atoms with van der Waals surface area (Å²) in [5, 5.41) is 2.73. The number of hydrogen-bond acceptors (Lipinski definition) is 7. The molecule has 170 valence electrons. The van der Waals surface area contributed by atoms with Gasteiger partial charge in [-0.3, -0.25) is 9.69 Å². The maximum Gasteiger partial charge on any atom is 0.182 e. The van der Waals surface area contributed by atoms with E-state index in [9.17, 15) is 4.79 Å². The number of hydrazine groups is 1. The minimum atomic E-state index is -0.120. The molecule has 0 spiro atoms. The normalized spacial score (nSPS) is 18.2. The van der Waals surface area contributed by atoms with Crippen LogP contribution in [0.5, 0.6) is 0 Å². The Morgan fingerprint density at radius 3 is 2.52 bits per heavy atom. The van der Waals surface area contributed by atoms with Crippen LogP contribution in [0.1, 0.15) is 51.6 Å². The van der Waals surface area contributed by atoms with Crippen molar-refractivity contribution in [2.24, 2.45) is 23.4 Å². The van der Waals surface area contributed by atoms with E-state index in [2.05, 4.69) is 42.8 Å². The lowest BCUT2D eigenvalue weighted by atomic mass is 10.0. The molecule has 0 amide bonds. The van der Waals surface area contributed by atoms with Crippen molar-refractivity contribution in [2.75, 3.05) is 13.6 Å². The second-order valence-electron chi connectivity index (χ2n) is 8.68. The average Bonchev–Trinajstić information content (AvgIpc) is 3.33. The van der Waals surface area contributed by atoms with Crippen molar-refractivity contribution in [2.45, 2.75) is 52.6 Å². The van der Waals surface area contributed by atoms with Gasteiger partial charge in [-0.05, 0) is 44.5 Å². The molecule has 2 aromatic rings. The number of likely N-dealkylation sites (tertiary alicyclic amines) is 1. The monoisotopic (exact) mass is 443 g/mol. The number of Topliss-reactive ketones (excluding diaryl/α,β-unsaturated/α-hetero) is 1. The number of nitrogens with zero attached hydrogens (tertiary/aromatic N) is 3. The van der Waals surface area contributed by atoms with E-state index >= 15 is 0 Å². The number of carbonyl (C=O) groups excluding carboxylic acids is 1. The van der Waals surface area contributed by atoms with Crippen molar-refractivity contribution < 1.29 is 4.79 Å². The summed E-state index contributed by atoms with van der Waals surface area (Å²) in [5.41, 5.74) is 7.00. The highest BCUT2D eigenvalue weighted by atomic mass is 32.1. The zero-order valence-electron chi connectivity index (χ0n) is 19.4. The van der Waals surface area contributed by atoms with Crippen molar-refractivity contribution in [3.05, 3.63) is 53.8 Å². The number of aromatic nitrogens is 1. The average molecular weight is 444 g/mol. The lowest BCUT2D eigenvalue weighted by molar-refractivity contribution is -0.118. The topological polar surface area (TPSA) is 88.5 Å². The first-order valence-electron chi connectivity index (χ1n) is 10.9. The van der Waals surface area contributed by atoms with E-state index in [0.717, 1.165) is 5.52 Å². The summed E-state index contributed by atoms with van der Waals surface area (Å²) >= 11 is 1.85. The quantitative estimate of drug-likeness (QED) is 0.284. The van der Waals surface area contributed by atoms with Crippen LogP contribution in [-0.4, -0.2) is 40.3 Å². The van der Waals surface area contributed by atoms with Crippen molar-refractivity contribution in [3.8, 4) is 0 Å². The molecule has 1 fully saturated rings. The molecule has 0 radical (unpaired) electrons. The predicted molar refractivity (Wildman–Crippen MR) is 131 cm³/mol. The van der Waals surface area contributed by atoms with E-state index in [0.29, 0.717) is 12.0 Å². The Kier molecular flexibility index (Phi) is 9.22. The third-order valence-corrected chi connectivity index (χ3v) is 6.62. The number of ketones is 1. The molecule has 7 heteroatoms. The Labute approximate surface area is 190 Å². The summed E-state index contributed by atoms with van der Waals surface area (Å²) in [4.78, 5) is 18.7. The van der Waals surface area contributed by atoms with Gasteiger partial charge in [0, 0.05) is 12.1 Å². The summed E-state index contributed by atoms with van der Waals surface area (Å²) in [6.45, 7) is 12.6. The lowest BCUT2D eigenvalue weighted by Gasteiger charge is -2.27. The van der Waals surface area contributed by atoms with Gasteiger partial charge in [0.05, 0.1) is 28.0 Å². The van der Waals surface area contributed by atoms with Crippen LogP contribution in [0.15, 0.2) is 48.8 Å². The molecule has 0 aliphatic carbocycles. The summed E-state index contributed by atoms with van der Waals surface area (Å²) in [6.07, 6.45) is 5.79. The highest BCUT2D eigenvalue weighted by Gasteiger charge is 2.25. The van der Waals surface area contributed by atoms with Crippen LogP contribution in [0.3, 0.4) is 0 Å². The molecule has 4 N–H and O–H groups in total. The molecular weight excluding hydrogens is 406 g/mol. The number of allylic oxidation sites excluding steroid dienone is 1. The molecule has 2 unspecified atom stereocenters. The van der Waals surface area contributed by atoms with Gasteiger partial charge in [-0.2, -0.15) is 0 Å². The Morgan fingerprint density at radius 2 is 2.00 bits per heavy atom. The molecule has 6 nitrogen and oxygen atoms in total. The first kappa shape index (κ1) is 25.0. The molecule has 31 heavy (non-hydrogen) atoms. The van der Waals surface area contributed by atoms with E-state index in [4.69, 9.17) is 16.6 Å². The Balaban J connectivity index is 0.000000220. The maximum absolute atomic E-state index is 11.6. The number of benzene rings is 1. The van der Waals surface area contributed by atoms with Gasteiger partial charge < -0.3 is 10.7 Å².